The molecule has 2 unspecified atom stereocenters. The Labute approximate surface area is 117 Å². The second-order valence-electron chi connectivity index (χ2n) is 4.43. The number of carbonyl (C=O) groups is 2. The molecule has 0 fully saturated rings. The molecule has 0 aliphatic heterocycles. The van der Waals surface area contributed by atoms with E-state index in [0.717, 1.165) is 6.42 Å². The van der Waals surface area contributed by atoms with Crippen LogP contribution >= 0.6 is 11.3 Å². The van der Waals surface area contributed by atoms with Crippen LogP contribution in [0, 0.1) is 5.92 Å². The van der Waals surface area contributed by atoms with E-state index in [-0.39, 0.29) is 5.92 Å². The van der Waals surface area contributed by atoms with E-state index in [9.17, 15) is 9.59 Å². The molecule has 0 spiro atoms. The monoisotopic (exact) mass is 284 g/mol. The van der Waals surface area contributed by atoms with Crippen molar-refractivity contribution < 1.29 is 14.7 Å². The van der Waals surface area contributed by atoms with Crippen molar-refractivity contribution in [1.82, 2.24) is 10.6 Å². The van der Waals surface area contributed by atoms with Crippen LogP contribution in [0.5, 0.6) is 0 Å². The minimum absolute atomic E-state index is 0.0967. The van der Waals surface area contributed by atoms with E-state index in [1.54, 1.807) is 11.3 Å². The molecule has 2 amide bonds. The van der Waals surface area contributed by atoms with Crippen molar-refractivity contribution >= 4 is 23.3 Å². The molecule has 6 heteroatoms. The summed E-state index contributed by atoms with van der Waals surface area (Å²) in [4.78, 5) is 23.9. The summed E-state index contributed by atoms with van der Waals surface area (Å²) < 4.78 is 0. The first kappa shape index (κ1) is 15.5. The highest BCUT2D eigenvalue weighted by Crippen LogP contribution is 2.09. The zero-order valence-corrected chi connectivity index (χ0v) is 12.0. The fraction of sp³-hybridized carbons (Fsp3) is 0.538. The van der Waals surface area contributed by atoms with Gasteiger partial charge in [-0.1, -0.05) is 26.3 Å². The van der Waals surface area contributed by atoms with Gasteiger partial charge in [-0.15, -0.1) is 11.3 Å². The highest BCUT2D eigenvalue weighted by molar-refractivity contribution is 7.09. The average molecular weight is 284 g/mol. The maximum Gasteiger partial charge on any atom is 0.326 e. The van der Waals surface area contributed by atoms with Crippen LogP contribution < -0.4 is 10.6 Å². The molecule has 19 heavy (non-hydrogen) atoms. The molecule has 0 saturated heterocycles. The molecule has 1 aromatic heterocycles. The number of aliphatic carboxylic acids is 1. The molecule has 0 aliphatic rings. The molecule has 0 aliphatic carbocycles. The fourth-order valence-corrected chi connectivity index (χ4v) is 2.34. The van der Waals surface area contributed by atoms with Gasteiger partial charge in [-0.25, -0.2) is 9.59 Å². The van der Waals surface area contributed by atoms with Crippen molar-refractivity contribution in [2.45, 2.75) is 32.7 Å². The fourth-order valence-electron chi connectivity index (χ4n) is 1.63. The Morgan fingerprint density at radius 3 is 2.74 bits per heavy atom. The molecule has 1 aromatic rings. The lowest BCUT2D eigenvalue weighted by Gasteiger charge is -2.20. The van der Waals surface area contributed by atoms with E-state index < -0.39 is 18.0 Å². The lowest BCUT2D eigenvalue weighted by molar-refractivity contribution is -0.140. The van der Waals surface area contributed by atoms with E-state index in [1.807, 2.05) is 31.4 Å². The van der Waals surface area contributed by atoms with Crippen LogP contribution in [0.3, 0.4) is 0 Å². The molecular formula is C13H20N2O3S. The average Bonchev–Trinajstić information content (AvgIpc) is 2.87. The third-order valence-electron chi connectivity index (χ3n) is 3.00. The molecule has 0 saturated carbocycles. The number of carboxylic acid groups (broad SMARTS) is 1. The highest BCUT2D eigenvalue weighted by atomic mass is 32.1. The molecule has 1 rings (SSSR count). The Morgan fingerprint density at radius 2 is 2.21 bits per heavy atom. The van der Waals surface area contributed by atoms with Gasteiger partial charge in [-0.3, -0.25) is 0 Å². The summed E-state index contributed by atoms with van der Waals surface area (Å²) in [7, 11) is 0. The molecule has 3 N–H and O–H groups in total. The summed E-state index contributed by atoms with van der Waals surface area (Å²) >= 11 is 1.64. The zero-order valence-electron chi connectivity index (χ0n) is 11.2. The summed E-state index contributed by atoms with van der Waals surface area (Å²) in [5.74, 6) is -1.09. The maximum absolute atomic E-state index is 11.6. The maximum atomic E-state index is 11.6. The van der Waals surface area contributed by atoms with Crippen LogP contribution in [0.2, 0.25) is 0 Å². The Bertz CT molecular complexity index is 406. The Kier molecular flexibility index (Phi) is 6.35. The minimum atomic E-state index is -0.997. The summed E-state index contributed by atoms with van der Waals surface area (Å²) in [6.07, 6.45) is 1.46. The molecular weight excluding hydrogens is 264 g/mol. The van der Waals surface area contributed by atoms with Crippen molar-refractivity contribution in [3.8, 4) is 0 Å². The third-order valence-corrected chi connectivity index (χ3v) is 3.94. The number of carbonyl (C=O) groups excluding carboxylic acids is 1. The van der Waals surface area contributed by atoms with E-state index in [1.165, 1.54) is 4.88 Å². The Hall–Kier alpha value is -1.56. The van der Waals surface area contributed by atoms with Crippen molar-refractivity contribution in [3.63, 3.8) is 0 Å². The first-order valence-corrected chi connectivity index (χ1v) is 7.22. The second kappa shape index (κ2) is 7.78. The number of rotatable bonds is 7. The molecule has 2 atom stereocenters. The predicted molar refractivity (Wildman–Crippen MR) is 75.4 cm³/mol. The summed E-state index contributed by atoms with van der Waals surface area (Å²) in [5.41, 5.74) is 0. The van der Waals surface area contributed by atoms with Crippen LogP contribution in [-0.2, 0) is 11.2 Å². The number of hydrogen-bond acceptors (Lipinski definition) is 3. The van der Waals surface area contributed by atoms with Gasteiger partial charge in [-0.05, 0) is 23.8 Å². The Morgan fingerprint density at radius 1 is 1.47 bits per heavy atom. The lowest BCUT2D eigenvalue weighted by atomic mass is 9.99. The van der Waals surface area contributed by atoms with Crippen LogP contribution in [0.1, 0.15) is 25.1 Å². The van der Waals surface area contributed by atoms with Gasteiger partial charge in [0.25, 0.3) is 0 Å². The van der Waals surface area contributed by atoms with Crippen molar-refractivity contribution in [1.29, 1.82) is 0 Å². The summed E-state index contributed by atoms with van der Waals surface area (Å²) in [6.45, 7) is 4.21. The van der Waals surface area contributed by atoms with Gasteiger partial charge in [0, 0.05) is 11.4 Å². The SMILES string of the molecule is CCC(C)C(NC(=O)NCCc1cccs1)C(=O)O. The van der Waals surface area contributed by atoms with Gasteiger partial charge in [0.05, 0.1) is 0 Å². The largest absolute Gasteiger partial charge is 0.480 e. The molecule has 0 aromatic carbocycles. The number of carboxylic acids is 1. The van der Waals surface area contributed by atoms with Gasteiger partial charge < -0.3 is 15.7 Å². The molecule has 1 heterocycles. The number of urea groups is 1. The van der Waals surface area contributed by atoms with Gasteiger partial charge >= 0.3 is 12.0 Å². The third kappa shape index (κ3) is 5.30. The van der Waals surface area contributed by atoms with Gasteiger partial charge in [0.2, 0.25) is 0 Å². The number of hydrogen-bond donors (Lipinski definition) is 3. The molecule has 106 valence electrons. The second-order valence-corrected chi connectivity index (χ2v) is 5.46. The Balaban J connectivity index is 2.34. The van der Waals surface area contributed by atoms with Crippen LogP contribution in [0.15, 0.2) is 17.5 Å². The zero-order chi connectivity index (χ0) is 14.3. The number of thiophene rings is 1. The normalized spacial score (nSPS) is 13.6. The van der Waals surface area contributed by atoms with Gasteiger partial charge in [-0.2, -0.15) is 0 Å². The van der Waals surface area contributed by atoms with Crippen molar-refractivity contribution in [3.05, 3.63) is 22.4 Å². The topological polar surface area (TPSA) is 78.4 Å². The van der Waals surface area contributed by atoms with E-state index >= 15 is 0 Å². The van der Waals surface area contributed by atoms with E-state index in [4.69, 9.17) is 5.11 Å². The summed E-state index contributed by atoms with van der Waals surface area (Å²) in [5, 5.41) is 16.2. The lowest BCUT2D eigenvalue weighted by Crippen LogP contribution is -2.49. The molecule has 0 bridgehead atoms. The van der Waals surface area contributed by atoms with E-state index in [0.29, 0.717) is 13.0 Å². The smallest absolute Gasteiger partial charge is 0.326 e. The number of amides is 2. The molecule has 5 nitrogen and oxygen atoms in total. The predicted octanol–water partition coefficient (Wildman–Crippen LogP) is 2.09. The van der Waals surface area contributed by atoms with Crippen LogP contribution in [0.25, 0.3) is 0 Å². The minimum Gasteiger partial charge on any atom is -0.480 e. The van der Waals surface area contributed by atoms with Crippen LogP contribution in [-0.4, -0.2) is 29.7 Å². The standard InChI is InChI=1S/C13H20N2O3S/c1-3-9(2)11(12(16)17)15-13(18)14-7-6-10-5-4-8-19-10/h4-5,8-9,11H,3,6-7H2,1-2H3,(H,16,17)(H2,14,15,18). The number of nitrogens with one attached hydrogen (secondary N) is 2. The first-order valence-electron chi connectivity index (χ1n) is 6.34. The highest BCUT2D eigenvalue weighted by Gasteiger charge is 2.24. The first-order chi connectivity index (χ1) is 9.04. The van der Waals surface area contributed by atoms with Crippen molar-refractivity contribution in [2.24, 2.45) is 5.92 Å². The summed E-state index contributed by atoms with van der Waals surface area (Å²) in [6, 6.07) is 2.70. The molecule has 0 radical (unpaired) electrons. The van der Waals surface area contributed by atoms with Crippen LogP contribution in [0.4, 0.5) is 4.79 Å². The quantitative estimate of drug-likeness (QED) is 0.717. The van der Waals surface area contributed by atoms with Gasteiger partial charge in [0.15, 0.2) is 0 Å². The van der Waals surface area contributed by atoms with Crippen molar-refractivity contribution in [2.75, 3.05) is 6.54 Å². The van der Waals surface area contributed by atoms with E-state index in [2.05, 4.69) is 10.6 Å². The van der Waals surface area contributed by atoms with Gasteiger partial charge in [0.1, 0.15) is 6.04 Å².